The molecule has 6 heteroatoms. The molecule has 3 aromatic rings. The number of hydrogen-bond acceptors (Lipinski definition) is 5. The Morgan fingerprint density at radius 3 is 2.85 bits per heavy atom. The molecular formula is C20H17N3O3. The van der Waals surface area contributed by atoms with E-state index in [-0.39, 0.29) is 19.1 Å². The van der Waals surface area contributed by atoms with Gasteiger partial charge in [-0.1, -0.05) is 6.07 Å². The number of carbonyl (C=O) groups is 1. The molecule has 0 unspecified atom stereocenters. The molecule has 26 heavy (non-hydrogen) atoms. The molecule has 1 N–H and O–H groups in total. The van der Waals surface area contributed by atoms with Gasteiger partial charge in [0, 0.05) is 30.7 Å². The Bertz CT molecular complexity index is 929. The zero-order valence-electron chi connectivity index (χ0n) is 14.0. The summed E-state index contributed by atoms with van der Waals surface area (Å²) in [5.41, 5.74) is 3.65. The Morgan fingerprint density at radius 2 is 1.96 bits per heavy atom. The second-order valence-corrected chi connectivity index (χ2v) is 5.93. The lowest BCUT2D eigenvalue weighted by atomic mass is 10.1. The van der Waals surface area contributed by atoms with E-state index in [0.29, 0.717) is 18.0 Å². The molecule has 1 aliphatic heterocycles. The first-order valence-electron chi connectivity index (χ1n) is 8.28. The summed E-state index contributed by atoms with van der Waals surface area (Å²) in [7, 11) is 0. The second kappa shape index (κ2) is 7.23. The van der Waals surface area contributed by atoms with Gasteiger partial charge < -0.3 is 14.8 Å². The summed E-state index contributed by atoms with van der Waals surface area (Å²) in [6.07, 6.45) is 5.52. The van der Waals surface area contributed by atoms with Crippen LogP contribution in [-0.2, 0) is 17.8 Å². The van der Waals surface area contributed by atoms with Crippen LogP contribution in [0.15, 0.2) is 61.1 Å². The van der Waals surface area contributed by atoms with E-state index in [0.717, 1.165) is 22.4 Å². The van der Waals surface area contributed by atoms with Gasteiger partial charge in [0.25, 0.3) is 0 Å². The predicted molar refractivity (Wildman–Crippen MR) is 95.6 cm³/mol. The number of amides is 1. The van der Waals surface area contributed by atoms with Crippen LogP contribution in [0, 0.1) is 0 Å². The van der Waals surface area contributed by atoms with E-state index < -0.39 is 0 Å². The van der Waals surface area contributed by atoms with E-state index >= 15 is 0 Å². The van der Waals surface area contributed by atoms with Crippen molar-refractivity contribution in [2.45, 2.75) is 13.0 Å². The van der Waals surface area contributed by atoms with E-state index in [1.54, 1.807) is 18.6 Å². The normalized spacial score (nSPS) is 12.0. The third-order valence-corrected chi connectivity index (χ3v) is 4.07. The van der Waals surface area contributed by atoms with Gasteiger partial charge in [0.05, 0.1) is 12.1 Å². The average Bonchev–Trinajstić information content (AvgIpc) is 3.15. The molecule has 0 fully saturated rings. The zero-order chi connectivity index (χ0) is 17.8. The van der Waals surface area contributed by atoms with Crippen molar-refractivity contribution in [2.24, 2.45) is 0 Å². The number of fused-ring (bicyclic) bond motifs is 1. The number of aromatic nitrogens is 2. The third kappa shape index (κ3) is 3.64. The molecule has 1 amide bonds. The Labute approximate surface area is 150 Å². The maximum absolute atomic E-state index is 12.2. The topological polar surface area (TPSA) is 73.3 Å². The van der Waals surface area contributed by atoms with Gasteiger partial charge in [0.2, 0.25) is 12.7 Å². The molecule has 0 radical (unpaired) electrons. The first-order valence-corrected chi connectivity index (χ1v) is 8.28. The summed E-state index contributed by atoms with van der Waals surface area (Å²) >= 11 is 0. The number of rotatable bonds is 5. The first-order chi connectivity index (χ1) is 12.8. The van der Waals surface area contributed by atoms with E-state index in [1.807, 2.05) is 42.5 Å². The lowest BCUT2D eigenvalue weighted by Crippen LogP contribution is -2.24. The Morgan fingerprint density at radius 1 is 1.04 bits per heavy atom. The lowest BCUT2D eigenvalue weighted by molar-refractivity contribution is -0.120. The highest BCUT2D eigenvalue weighted by Crippen LogP contribution is 2.32. The standard InChI is InChI=1S/C20H17N3O3/c24-20(10-14-3-4-18-19(9-14)26-13-25-18)23-11-15-5-7-22-17(8-15)16-2-1-6-21-12-16/h1-9,12H,10-11,13H2,(H,23,24). The van der Waals surface area contributed by atoms with Crippen molar-refractivity contribution in [1.82, 2.24) is 15.3 Å². The minimum Gasteiger partial charge on any atom is -0.454 e. The van der Waals surface area contributed by atoms with Crippen LogP contribution in [0.4, 0.5) is 0 Å². The van der Waals surface area contributed by atoms with Crippen molar-refractivity contribution >= 4 is 5.91 Å². The fraction of sp³-hybridized carbons (Fsp3) is 0.150. The van der Waals surface area contributed by atoms with Crippen LogP contribution in [0.25, 0.3) is 11.3 Å². The molecule has 0 bridgehead atoms. The molecule has 0 spiro atoms. The minimum absolute atomic E-state index is 0.0522. The fourth-order valence-electron chi connectivity index (χ4n) is 2.76. The van der Waals surface area contributed by atoms with Gasteiger partial charge in [-0.05, 0) is 47.5 Å². The van der Waals surface area contributed by atoms with Crippen molar-refractivity contribution in [3.63, 3.8) is 0 Å². The largest absolute Gasteiger partial charge is 0.454 e. The van der Waals surface area contributed by atoms with Crippen LogP contribution in [0.2, 0.25) is 0 Å². The number of nitrogens with one attached hydrogen (secondary N) is 1. The van der Waals surface area contributed by atoms with E-state index in [4.69, 9.17) is 9.47 Å². The van der Waals surface area contributed by atoms with Crippen LogP contribution in [0.5, 0.6) is 11.5 Å². The van der Waals surface area contributed by atoms with E-state index in [1.165, 1.54) is 0 Å². The Kier molecular flexibility index (Phi) is 4.47. The van der Waals surface area contributed by atoms with Crippen molar-refractivity contribution in [3.8, 4) is 22.8 Å². The minimum atomic E-state index is -0.0522. The molecule has 0 atom stereocenters. The molecule has 2 aromatic heterocycles. The molecule has 1 aromatic carbocycles. The highest BCUT2D eigenvalue weighted by Gasteiger charge is 2.14. The van der Waals surface area contributed by atoms with Crippen molar-refractivity contribution in [1.29, 1.82) is 0 Å². The smallest absolute Gasteiger partial charge is 0.231 e. The van der Waals surface area contributed by atoms with Gasteiger partial charge in [-0.25, -0.2) is 0 Å². The highest BCUT2D eigenvalue weighted by atomic mass is 16.7. The monoisotopic (exact) mass is 347 g/mol. The van der Waals surface area contributed by atoms with Gasteiger partial charge >= 0.3 is 0 Å². The summed E-state index contributed by atoms with van der Waals surface area (Å²) in [5.74, 6) is 1.35. The SMILES string of the molecule is O=C(Cc1ccc2c(c1)OCO2)NCc1ccnc(-c2cccnc2)c1. The van der Waals surface area contributed by atoms with Crippen LogP contribution in [0.3, 0.4) is 0 Å². The van der Waals surface area contributed by atoms with Crippen LogP contribution in [-0.4, -0.2) is 22.7 Å². The average molecular weight is 347 g/mol. The van der Waals surface area contributed by atoms with Gasteiger partial charge in [-0.3, -0.25) is 14.8 Å². The molecule has 0 saturated carbocycles. The summed E-state index contributed by atoms with van der Waals surface area (Å²) in [5, 5.41) is 2.94. The summed E-state index contributed by atoms with van der Waals surface area (Å²) in [6, 6.07) is 13.2. The summed E-state index contributed by atoms with van der Waals surface area (Å²) in [4.78, 5) is 20.7. The molecule has 3 heterocycles. The van der Waals surface area contributed by atoms with Crippen LogP contribution >= 0.6 is 0 Å². The molecular weight excluding hydrogens is 330 g/mol. The summed E-state index contributed by atoms with van der Waals surface area (Å²) in [6.45, 7) is 0.672. The maximum Gasteiger partial charge on any atom is 0.231 e. The van der Waals surface area contributed by atoms with Crippen molar-refractivity contribution < 1.29 is 14.3 Å². The third-order valence-electron chi connectivity index (χ3n) is 4.07. The van der Waals surface area contributed by atoms with Crippen LogP contribution < -0.4 is 14.8 Å². The highest BCUT2D eigenvalue weighted by molar-refractivity contribution is 5.78. The van der Waals surface area contributed by atoms with Crippen LogP contribution in [0.1, 0.15) is 11.1 Å². The molecule has 0 saturated heterocycles. The van der Waals surface area contributed by atoms with E-state index in [9.17, 15) is 4.79 Å². The summed E-state index contributed by atoms with van der Waals surface area (Å²) < 4.78 is 10.6. The van der Waals surface area contributed by atoms with E-state index in [2.05, 4.69) is 15.3 Å². The van der Waals surface area contributed by atoms with Gasteiger partial charge in [0.1, 0.15) is 0 Å². The predicted octanol–water partition coefficient (Wildman–Crippen LogP) is 2.73. The maximum atomic E-state index is 12.2. The number of pyridine rings is 2. The second-order valence-electron chi connectivity index (χ2n) is 5.93. The Balaban J connectivity index is 1.37. The molecule has 6 nitrogen and oxygen atoms in total. The van der Waals surface area contributed by atoms with Gasteiger partial charge in [0.15, 0.2) is 11.5 Å². The van der Waals surface area contributed by atoms with Gasteiger partial charge in [-0.2, -0.15) is 0 Å². The number of ether oxygens (including phenoxy) is 2. The lowest BCUT2D eigenvalue weighted by Gasteiger charge is -2.08. The fourth-order valence-corrected chi connectivity index (χ4v) is 2.76. The van der Waals surface area contributed by atoms with Crippen molar-refractivity contribution in [2.75, 3.05) is 6.79 Å². The Hall–Kier alpha value is -3.41. The number of benzene rings is 1. The quantitative estimate of drug-likeness (QED) is 0.768. The number of hydrogen-bond donors (Lipinski definition) is 1. The first kappa shape index (κ1) is 16.1. The number of carbonyl (C=O) groups excluding carboxylic acids is 1. The zero-order valence-corrected chi connectivity index (χ0v) is 14.0. The van der Waals surface area contributed by atoms with Gasteiger partial charge in [-0.15, -0.1) is 0 Å². The van der Waals surface area contributed by atoms with Crippen molar-refractivity contribution in [3.05, 3.63) is 72.2 Å². The molecule has 4 rings (SSSR count). The number of nitrogens with zero attached hydrogens (tertiary/aromatic N) is 2. The molecule has 1 aliphatic rings. The molecule has 130 valence electrons. The molecule has 0 aliphatic carbocycles.